The number of carbonyl (C=O) groups excluding carboxylic acids is 1. The fourth-order valence-electron chi connectivity index (χ4n) is 3.93. The van der Waals surface area contributed by atoms with Gasteiger partial charge in [-0.05, 0) is 25.7 Å². The molecule has 116 valence electrons. The van der Waals surface area contributed by atoms with Gasteiger partial charge in [0.05, 0.1) is 5.41 Å². The zero-order valence-electron chi connectivity index (χ0n) is 12.8. The molecule has 1 unspecified atom stereocenters. The maximum atomic E-state index is 13.0. The number of likely N-dealkylation sites (tertiary alicyclic amines) is 1. The van der Waals surface area contributed by atoms with E-state index in [9.17, 15) is 4.79 Å². The van der Waals surface area contributed by atoms with Crippen LogP contribution in [0.15, 0.2) is 6.33 Å². The maximum Gasteiger partial charge on any atom is 0.230 e. The van der Waals surface area contributed by atoms with E-state index in [4.69, 9.17) is 5.73 Å². The van der Waals surface area contributed by atoms with E-state index in [0.717, 1.165) is 57.4 Å². The van der Waals surface area contributed by atoms with Crippen molar-refractivity contribution in [3.8, 4) is 0 Å². The first-order valence-electron chi connectivity index (χ1n) is 8.00. The number of aromatic nitrogens is 3. The topological polar surface area (TPSA) is 77.0 Å². The van der Waals surface area contributed by atoms with Crippen molar-refractivity contribution in [2.24, 2.45) is 18.2 Å². The average Bonchev–Trinajstić information content (AvgIpc) is 3.16. The third kappa shape index (κ3) is 2.57. The zero-order valence-corrected chi connectivity index (χ0v) is 12.8. The zero-order chi connectivity index (χ0) is 14.9. The Kier molecular flexibility index (Phi) is 3.97. The van der Waals surface area contributed by atoms with Gasteiger partial charge in [-0.15, -0.1) is 10.2 Å². The summed E-state index contributed by atoms with van der Waals surface area (Å²) in [6.45, 7) is 2.10. The van der Waals surface area contributed by atoms with Gasteiger partial charge in [0.2, 0.25) is 5.91 Å². The SMILES string of the molecule is Cn1cnnc1C1CCCN(C(=O)C2(CN)CCCC2)C1. The monoisotopic (exact) mass is 291 g/mol. The van der Waals surface area contributed by atoms with Gasteiger partial charge in [-0.25, -0.2) is 0 Å². The maximum absolute atomic E-state index is 13.0. The molecule has 6 nitrogen and oxygen atoms in total. The van der Waals surface area contributed by atoms with Gasteiger partial charge in [-0.1, -0.05) is 12.8 Å². The number of nitrogens with two attached hydrogens (primary N) is 1. The van der Waals surface area contributed by atoms with Gasteiger partial charge in [0.1, 0.15) is 12.2 Å². The lowest BCUT2D eigenvalue weighted by Crippen LogP contribution is -2.49. The van der Waals surface area contributed by atoms with E-state index in [2.05, 4.69) is 10.2 Å². The molecule has 1 amide bonds. The van der Waals surface area contributed by atoms with Gasteiger partial charge in [-0.3, -0.25) is 4.79 Å². The number of hydrogen-bond acceptors (Lipinski definition) is 4. The van der Waals surface area contributed by atoms with Crippen molar-refractivity contribution < 1.29 is 4.79 Å². The van der Waals surface area contributed by atoms with E-state index < -0.39 is 0 Å². The number of amides is 1. The summed E-state index contributed by atoms with van der Waals surface area (Å²) >= 11 is 0. The van der Waals surface area contributed by atoms with E-state index in [1.165, 1.54) is 0 Å². The van der Waals surface area contributed by atoms with Gasteiger partial charge in [-0.2, -0.15) is 0 Å². The predicted molar refractivity (Wildman–Crippen MR) is 79.5 cm³/mol. The molecule has 1 aliphatic carbocycles. The van der Waals surface area contributed by atoms with Crippen molar-refractivity contribution in [1.29, 1.82) is 0 Å². The third-order valence-electron chi connectivity index (χ3n) is 5.23. The Morgan fingerprint density at radius 3 is 2.81 bits per heavy atom. The van der Waals surface area contributed by atoms with Crippen LogP contribution in [0.25, 0.3) is 0 Å². The van der Waals surface area contributed by atoms with Crippen LogP contribution in [0, 0.1) is 5.41 Å². The Hall–Kier alpha value is -1.43. The highest BCUT2D eigenvalue weighted by molar-refractivity contribution is 5.83. The van der Waals surface area contributed by atoms with Crippen LogP contribution in [0.4, 0.5) is 0 Å². The molecule has 1 aliphatic heterocycles. The van der Waals surface area contributed by atoms with E-state index in [1.54, 1.807) is 6.33 Å². The normalized spacial score (nSPS) is 25.2. The quantitative estimate of drug-likeness (QED) is 0.902. The van der Waals surface area contributed by atoms with Gasteiger partial charge in [0.15, 0.2) is 0 Å². The van der Waals surface area contributed by atoms with Crippen LogP contribution in [-0.4, -0.2) is 45.2 Å². The number of rotatable bonds is 3. The Morgan fingerprint density at radius 1 is 1.43 bits per heavy atom. The molecule has 1 saturated heterocycles. The molecule has 1 atom stereocenters. The van der Waals surface area contributed by atoms with E-state index in [-0.39, 0.29) is 11.3 Å². The van der Waals surface area contributed by atoms with Crippen LogP contribution >= 0.6 is 0 Å². The second-order valence-corrected chi connectivity index (χ2v) is 6.58. The molecule has 2 aliphatic rings. The Bertz CT molecular complexity index is 506. The highest BCUT2D eigenvalue weighted by Gasteiger charge is 2.43. The van der Waals surface area contributed by atoms with Crippen LogP contribution in [0.5, 0.6) is 0 Å². The van der Waals surface area contributed by atoms with Gasteiger partial charge in [0, 0.05) is 32.6 Å². The molecule has 1 saturated carbocycles. The lowest BCUT2D eigenvalue weighted by molar-refractivity contribution is -0.142. The van der Waals surface area contributed by atoms with E-state index in [0.29, 0.717) is 12.5 Å². The predicted octanol–water partition coefficient (Wildman–Crippen LogP) is 1.04. The van der Waals surface area contributed by atoms with Crippen LogP contribution in [-0.2, 0) is 11.8 Å². The van der Waals surface area contributed by atoms with Crippen molar-refractivity contribution in [2.75, 3.05) is 19.6 Å². The van der Waals surface area contributed by atoms with Gasteiger partial charge < -0.3 is 15.2 Å². The average molecular weight is 291 g/mol. The first-order valence-corrected chi connectivity index (χ1v) is 8.00. The molecule has 6 heteroatoms. The minimum Gasteiger partial charge on any atom is -0.341 e. The summed E-state index contributed by atoms with van der Waals surface area (Å²) in [5.74, 6) is 1.56. The van der Waals surface area contributed by atoms with Crippen molar-refractivity contribution >= 4 is 5.91 Å². The number of nitrogens with zero attached hydrogens (tertiary/aromatic N) is 4. The van der Waals surface area contributed by atoms with Gasteiger partial charge in [0.25, 0.3) is 0 Å². The molecule has 0 spiro atoms. The van der Waals surface area contributed by atoms with Crippen LogP contribution < -0.4 is 5.73 Å². The molecule has 21 heavy (non-hydrogen) atoms. The summed E-state index contributed by atoms with van der Waals surface area (Å²) in [6.07, 6.45) is 8.00. The molecule has 0 bridgehead atoms. The number of piperidine rings is 1. The Morgan fingerprint density at radius 2 is 2.19 bits per heavy atom. The molecule has 1 aromatic heterocycles. The summed E-state index contributed by atoms with van der Waals surface area (Å²) in [4.78, 5) is 15.0. The molecule has 2 fully saturated rings. The van der Waals surface area contributed by atoms with Crippen LogP contribution in [0.3, 0.4) is 0 Å². The number of hydrogen-bond donors (Lipinski definition) is 1. The number of aryl methyl sites for hydroxylation is 1. The van der Waals surface area contributed by atoms with Crippen molar-refractivity contribution in [3.63, 3.8) is 0 Å². The summed E-state index contributed by atoms with van der Waals surface area (Å²) in [7, 11) is 1.97. The molecular weight excluding hydrogens is 266 g/mol. The van der Waals surface area contributed by atoms with Gasteiger partial charge >= 0.3 is 0 Å². The van der Waals surface area contributed by atoms with E-state index >= 15 is 0 Å². The summed E-state index contributed by atoms with van der Waals surface area (Å²) in [6, 6.07) is 0. The molecule has 0 radical (unpaired) electrons. The first kappa shape index (κ1) is 14.5. The smallest absolute Gasteiger partial charge is 0.230 e. The molecule has 3 rings (SSSR count). The molecule has 2 heterocycles. The third-order valence-corrected chi connectivity index (χ3v) is 5.23. The van der Waals surface area contributed by atoms with Crippen molar-refractivity contribution in [3.05, 3.63) is 12.2 Å². The first-order chi connectivity index (χ1) is 10.2. The Balaban J connectivity index is 1.74. The number of carbonyl (C=O) groups is 1. The summed E-state index contributed by atoms with van der Waals surface area (Å²) < 4.78 is 1.97. The summed E-state index contributed by atoms with van der Waals surface area (Å²) in [5.41, 5.74) is 5.67. The fraction of sp³-hybridized carbons (Fsp3) is 0.800. The van der Waals surface area contributed by atoms with E-state index in [1.807, 2.05) is 16.5 Å². The van der Waals surface area contributed by atoms with Crippen LogP contribution in [0.2, 0.25) is 0 Å². The van der Waals surface area contributed by atoms with Crippen molar-refractivity contribution in [2.45, 2.75) is 44.4 Å². The fourth-order valence-corrected chi connectivity index (χ4v) is 3.93. The lowest BCUT2D eigenvalue weighted by atomic mass is 9.83. The minimum absolute atomic E-state index is 0.273. The van der Waals surface area contributed by atoms with Crippen LogP contribution in [0.1, 0.15) is 50.3 Å². The standard InChI is InChI=1S/C15H25N5O/c1-19-11-17-18-13(19)12-5-4-8-20(9-12)14(21)15(10-16)6-2-3-7-15/h11-12H,2-10,16H2,1H3. The molecule has 0 aromatic carbocycles. The molecule has 1 aromatic rings. The highest BCUT2D eigenvalue weighted by Crippen LogP contribution is 2.40. The Labute approximate surface area is 125 Å². The second-order valence-electron chi connectivity index (χ2n) is 6.58. The molecular formula is C15H25N5O. The highest BCUT2D eigenvalue weighted by atomic mass is 16.2. The minimum atomic E-state index is -0.290. The second kappa shape index (κ2) is 5.75. The largest absolute Gasteiger partial charge is 0.341 e. The van der Waals surface area contributed by atoms with Crippen molar-refractivity contribution in [1.82, 2.24) is 19.7 Å². The molecule has 2 N–H and O–H groups in total. The summed E-state index contributed by atoms with van der Waals surface area (Å²) in [5, 5.41) is 8.18. The lowest BCUT2D eigenvalue weighted by Gasteiger charge is -2.38.